The molecule has 0 bridgehead atoms. The van der Waals surface area contributed by atoms with E-state index in [1.807, 2.05) is 13.8 Å². The summed E-state index contributed by atoms with van der Waals surface area (Å²) in [5, 5.41) is 12.3. The van der Waals surface area contributed by atoms with E-state index < -0.39 is 5.54 Å². The topological polar surface area (TPSA) is 39.1 Å². The molecule has 0 amide bonds. The molecule has 1 N–H and O–H groups in total. The predicted molar refractivity (Wildman–Crippen MR) is 60.1 cm³/mol. The second-order valence-corrected chi connectivity index (χ2v) is 4.07. The third-order valence-electron chi connectivity index (χ3n) is 2.29. The van der Waals surface area contributed by atoms with Crippen molar-refractivity contribution in [2.24, 2.45) is 0 Å². The highest BCUT2D eigenvalue weighted by atomic mass is 15.1. The molecular formula is C11H23N3. The van der Waals surface area contributed by atoms with Gasteiger partial charge in [0.15, 0.2) is 0 Å². The van der Waals surface area contributed by atoms with Crippen LogP contribution in [0.4, 0.5) is 0 Å². The Kier molecular flexibility index (Phi) is 6.52. The number of likely N-dealkylation sites (N-methyl/N-ethyl adjacent to an activating group) is 2. The molecule has 0 aromatic rings. The Morgan fingerprint density at radius 1 is 1.43 bits per heavy atom. The van der Waals surface area contributed by atoms with Crippen LogP contribution >= 0.6 is 0 Å². The Morgan fingerprint density at radius 2 is 2.07 bits per heavy atom. The smallest absolute Gasteiger partial charge is 0.116 e. The van der Waals surface area contributed by atoms with Crippen LogP contribution in [0.5, 0.6) is 0 Å². The molecule has 0 rings (SSSR count). The van der Waals surface area contributed by atoms with Crippen molar-refractivity contribution < 1.29 is 0 Å². The Morgan fingerprint density at radius 3 is 2.50 bits per heavy atom. The van der Waals surface area contributed by atoms with Crippen LogP contribution in [0.2, 0.25) is 0 Å². The minimum atomic E-state index is -0.406. The third-order valence-corrected chi connectivity index (χ3v) is 2.29. The molecule has 3 heteroatoms. The molecule has 1 unspecified atom stereocenters. The van der Waals surface area contributed by atoms with Crippen LogP contribution in [0.1, 0.15) is 33.6 Å². The van der Waals surface area contributed by atoms with Crippen molar-refractivity contribution in [2.75, 3.05) is 26.7 Å². The lowest BCUT2D eigenvalue weighted by atomic mass is 10.0. The Labute approximate surface area is 88.1 Å². The summed E-state index contributed by atoms with van der Waals surface area (Å²) in [7, 11) is 2.07. The van der Waals surface area contributed by atoms with Crippen molar-refractivity contribution in [1.29, 1.82) is 5.26 Å². The van der Waals surface area contributed by atoms with E-state index >= 15 is 0 Å². The van der Waals surface area contributed by atoms with E-state index in [1.165, 1.54) is 12.8 Å². The van der Waals surface area contributed by atoms with Crippen molar-refractivity contribution in [1.82, 2.24) is 10.2 Å². The highest BCUT2D eigenvalue weighted by Crippen LogP contribution is 2.04. The Hall–Kier alpha value is -0.590. The maximum absolute atomic E-state index is 9.05. The molecule has 3 nitrogen and oxygen atoms in total. The zero-order valence-corrected chi connectivity index (χ0v) is 9.93. The molecule has 0 aliphatic rings. The van der Waals surface area contributed by atoms with Crippen LogP contribution in [0.15, 0.2) is 0 Å². The van der Waals surface area contributed by atoms with Crippen molar-refractivity contribution in [2.45, 2.75) is 39.2 Å². The highest BCUT2D eigenvalue weighted by molar-refractivity contribution is 5.05. The summed E-state index contributed by atoms with van der Waals surface area (Å²) in [5.74, 6) is 0. The highest BCUT2D eigenvalue weighted by Gasteiger charge is 2.23. The van der Waals surface area contributed by atoms with Gasteiger partial charge in [-0.2, -0.15) is 5.26 Å². The summed E-state index contributed by atoms with van der Waals surface area (Å²) in [6.45, 7) is 8.87. The summed E-state index contributed by atoms with van der Waals surface area (Å²) in [5.41, 5.74) is -0.406. The molecular weight excluding hydrogens is 174 g/mol. The average molecular weight is 197 g/mol. The van der Waals surface area contributed by atoms with Crippen LogP contribution in [-0.4, -0.2) is 37.1 Å². The first-order valence-electron chi connectivity index (χ1n) is 5.42. The minimum Gasteiger partial charge on any atom is -0.303 e. The van der Waals surface area contributed by atoms with Crippen molar-refractivity contribution >= 4 is 0 Å². The molecule has 0 aromatic heterocycles. The first-order valence-corrected chi connectivity index (χ1v) is 5.42. The number of hydrogen-bond acceptors (Lipinski definition) is 3. The van der Waals surface area contributed by atoms with Gasteiger partial charge in [0, 0.05) is 6.54 Å². The van der Waals surface area contributed by atoms with Gasteiger partial charge in [-0.05, 0) is 33.5 Å². The van der Waals surface area contributed by atoms with Crippen LogP contribution in [0.25, 0.3) is 0 Å². The largest absolute Gasteiger partial charge is 0.303 e. The quantitative estimate of drug-likeness (QED) is 0.674. The minimum absolute atomic E-state index is 0.406. The summed E-state index contributed by atoms with van der Waals surface area (Å²) in [4.78, 5) is 2.22. The SMILES string of the molecule is CCCCN(C)CC(C)(C#N)NCC. The van der Waals surface area contributed by atoms with Gasteiger partial charge in [-0.15, -0.1) is 0 Å². The van der Waals surface area contributed by atoms with Gasteiger partial charge < -0.3 is 4.90 Å². The fourth-order valence-corrected chi connectivity index (χ4v) is 1.57. The summed E-state index contributed by atoms with van der Waals surface area (Å²) >= 11 is 0. The molecule has 0 fully saturated rings. The molecule has 0 saturated carbocycles. The van der Waals surface area contributed by atoms with Crippen LogP contribution in [-0.2, 0) is 0 Å². The molecule has 82 valence electrons. The lowest BCUT2D eigenvalue weighted by Crippen LogP contribution is -2.49. The van der Waals surface area contributed by atoms with Crippen molar-refractivity contribution in [3.63, 3.8) is 0 Å². The predicted octanol–water partition coefficient (Wildman–Crippen LogP) is 1.61. The standard InChI is InChI=1S/C11H23N3/c1-5-7-8-14(4)10-11(3,9-12)13-6-2/h13H,5-8,10H2,1-4H3. The van der Waals surface area contributed by atoms with E-state index in [0.29, 0.717) is 0 Å². The molecule has 0 saturated heterocycles. The van der Waals surface area contributed by atoms with Crippen LogP contribution < -0.4 is 5.32 Å². The van der Waals surface area contributed by atoms with Crippen molar-refractivity contribution in [3.8, 4) is 6.07 Å². The number of nitriles is 1. The maximum Gasteiger partial charge on any atom is 0.116 e. The van der Waals surface area contributed by atoms with Gasteiger partial charge in [0.05, 0.1) is 6.07 Å². The number of rotatable bonds is 7. The van der Waals surface area contributed by atoms with E-state index in [1.54, 1.807) is 0 Å². The molecule has 0 heterocycles. The van der Waals surface area contributed by atoms with Crippen LogP contribution in [0.3, 0.4) is 0 Å². The summed E-state index contributed by atoms with van der Waals surface area (Å²) in [6.07, 6.45) is 2.40. The molecule has 0 spiro atoms. The fraction of sp³-hybridized carbons (Fsp3) is 0.909. The summed E-state index contributed by atoms with van der Waals surface area (Å²) in [6, 6.07) is 2.33. The lowest BCUT2D eigenvalue weighted by Gasteiger charge is -2.28. The second-order valence-electron chi connectivity index (χ2n) is 4.07. The van der Waals surface area contributed by atoms with Gasteiger partial charge in [-0.25, -0.2) is 0 Å². The van der Waals surface area contributed by atoms with E-state index in [-0.39, 0.29) is 0 Å². The number of nitrogens with zero attached hydrogens (tertiary/aromatic N) is 2. The number of unbranched alkanes of at least 4 members (excludes halogenated alkanes) is 1. The molecule has 14 heavy (non-hydrogen) atoms. The number of nitrogens with one attached hydrogen (secondary N) is 1. The van der Waals surface area contributed by atoms with Gasteiger partial charge in [0.25, 0.3) is 0 Å². The van der Waals surface area contributed by atoms with Gasteiger partial charge in [-0.1, -0.05) is 20.3 Å². The zero-order valence-electron chi connectivity index (χ0n) is 9.93. The molecule has 0 aromatic carbocycles. The van der Waals surface area contributed by atoms with Gasteiger partial charge >= 0.3 is 0 Å². The Balaban J connectivity index is 3.98. The molecule has 0 aliphatic heterocycles. The Bertz CT molecular complexity index is 185. The molecule has 0 radical (unpaired) electrons. The van der Waals surface area contributed by atoms with E-state index in [9.17, 15) is 0 Å². The van der Waals surface area contributed by atoms with E-state index in [0.717, 1.165) is 19.6 Å². The second kappa shape index (κ2) is 6.80. The van der Waals surface area contributed by atoms with E-state index in [4.69, 9.17) is 5.26 Å². The zero-order chi connectivity index (χ0) is 11.0. The monoisotopic (exact) mass is 197 g/mol. The van der Waals surface area contributed by atoms with Crippen molar-refractivity contribution in [3.05, 3.63) is 0 Å². The van der Waals surface area contributed by atoms with E-state index in [2.05, 4.69) is 30.3 Å². The normalized spacial score (nSPS) is 15.1. The third kappa shape index (κ3) is 5.21. The first-order chi connectivity index (χ1) is 6.58. The van der Waals surface area contributed by atoms with Crippen LogP contribution in [0, 0.1) is 11.3 Å². The summed E-state index contributed by atoms with van der Waals surface area (Å²) < 4.78 is 0. The maximum atomic E-state index is 9.05. The lowest BCUT2D eigenvalue weighted by molar-refractivity contribution is 0.259. The fourth-order valence-electron chi connectivity index (χ4n) is 1.57. The van der Waals surface area contributed by atoms with Gasteiger partial charge in [-0.3, -0.25) is 5.32 Å². The molecule has 1 atom stereocenters. The van der Waals surface area contributed by atoms with Gasteiger partial charge in [0.2, 0.25) is 0 Å². The first kappa shape index (κ1) is 13.4. The average Bonchev–Trinajstić information content (AvgIpc) is 2.15. The number of hydrogen-bond donors (Lipinski definition) is 1. The molecule has 0 aliphatic carbocycles. The van der Waals surface area contributed by atoms with Gasteiger partial charge in [0.1, 0.15) is 5.54 Å².